The Morgan fingerprint density at radius 2 is 2.04 bits per heavy atom. The Kier molecular flexibility index (Phi) is 5.03. The topological polar surface area (TPSA) is 80.1 Å². The number of nitrogens with one attached hydrogen (secondary N) is 2. The molecule has 124 valence electrons. The number of benzene rings is 2. The van der Waals surface area contributed by atoms with Crippen molar-refractivity contribution in [1.29, 1.82) is 0 Å². The van der Waals surface area contributed by atoms with Crippen LogP contribution in [0, 0.1) is 0 Å². The number of carbonyl (C=O) groups excluding carboxylic acids is 1. The van der Waals surface area contributed by atoms with Gasteiger partial charge in [0, 0.05) is 28.2 Å². The lowest BCUT2D eigenvalue weighted by molar-refractivity contribution is 0.0897. The van der Waals surface area contributed by atoms with Crippen LogP contribution in [0.5, 0.6) is 0 Å². The number of nitrogen functional groups attached to an aromatic ring is 1. The van der Waals surface area contributed by atoms with Gasteiger partial charge in [-0.15, -0.1) is 0 Å². The lowest BCUT2D eigenvalue weighted by Gasteiger charge is -2.07. The molecule has 0 saturated heterocycles. The van der Waals surface area contributed by atoms with E-state index in [0.717, 1.165) is 16.5 Å². The molecule has 0 radical (unpaired) electrons. The summed E-state index contributed by atoms with van der Waals surface area (Å²) in [7, 11) is 0. The largest absolute Gasteiger partial charge is 0.399 e. The highest BCUT2D eigenvalue weighted by atomic mass is 35.5. The molecule has 24 heavy (non-hydrogen) atoms. The Labute approximate surface area is 144 Å². The predicted molar refractivity (Wildman–Crippen MR) is 96.2 cm³/mol. The molecule has 5 nitrogen and oxygen atoms in total. The molecule has 0 unspecified atom stereocenters. The van der Waals surface area contributed by atoms with E-state index < -0.39 is 0 Å². The number of hydrogen-bond donors (Lipinski definition) is 3. The molecular formula is C18H18ClN3O2. The summed E-state index contributed by atoms with van der Waals surface area (Å²) in [5.41, 5.74) is 8.72. The number of carbonyl (C=O) groups is 1. The Hall–Kier alpha value is -2.50. The van der Waals surface area contributed by atoms with Crippen LogP contribution < -0.4 is 11.1 Å². The molecule has 0 atom stereocenters. The average Bonchev–Trinajstić information content (AvgIpc) is 2.99. The van der Waals surface area contributed by atoms with Crippen LogP contribution in [0.3, 0.4) is 0 Å². The number of fused-ring (bicyclic) bond motifs is 1. The molecule has 0 aliphatic rings. The fraction of sp³-hybridized carbons (Fsp3) is 0.167. The monoisotopic (exact) mass is 343 g/mol. The van der Waals surface area contributed by atoms with Crippen molar-refractivity contribution in [2.24, 2.45) is 0 Å². The van der Waals surface area contributed by atoms with Gasteiger partial charge < -0.3 is 20.8 Å². The van der Waals surface area contributed by atoms with Crippen LogP contribution in [0.1, 0.15) is 16.1 Å². The molecule has 3 rings (SSSR count). The van der Waals surface area contributed by atoms with Gasteiger partial charge in [0.25, 0.3) is 5.91 Å². The lowest BCUT2D eigenvalue weighted by Crippen LogP contribution is -2.27. The fourth-order valence-corrected chi connectivity index (χ4v) is 2.59. The summed E-state index contributed by atoms with van der Waals surface area (Å²) >= 11 is 6.05. The minimum absolute atomic E-state index is 0.175. The number of anilines is 1. The second kappa shape index (κ2) is 7.38. The van der Waals surface area contributed by atoms with Crippen LogP contribution in [0.4, 0.5) is 5.69 Å². The van der Waals surface area contributed by atoms with Crippen molar-refractivity contribution in [1.82, 2.24) is 10.3 Å². The van der Waals surface area contributed by atoms with E-state index in [1.165, 1.54) is 0 Å². The van der Waals surface area contributed by atoms with E-state index in [1.807, 2.05) is 36.4 Å². The van der Waals surface area contributed by atoms with Gasteiger partial charge in [0.1, 0.15) is 5.69 Å². The maximum atomic E-state index is 12.1. The molecule has 2 aromatic carbocycles. The lowest BCUT2D eigenvalue weighted by atomic mass is 10.2. The van der Waals surface area contributed by atoms with Crippen molar-refractivity contribution >= 4 is 34.1 Å². The van der Waals surface area contributed by atoms with Crippen LogP contribution in [0.25, 0.3) is 10.9 Å². The number of halogens is 1. The number of aromatic amines is 1. The van der Waals surface area contributed by atoms with Crippen molar-refractivity contribution < 1.29 is 9.53 Å². The molecule has 1 heterocycles. The molecule has 6 heteroatoms. The molecule has 1 amide bonds. The first-order valence-corrected chi connectivity index (χ1v) is 7.99. The highest BCUT2D eigenvalue weighted by Gasteiger charge is 2.09. The van der Waals surface area contributed by atoms with Crippen LogP contribution in [0.15, 0.2) is 48.5 Å². The fourth-order valence-electron chi connectivity index (χ4n) is 2.40. The van der Waals surface area contributed by atoms with Crippen molar-refractivity contribution in [3.05, 3.63) is 64.8 Å². The maximum absolute atomic E-state index is 12.1. The number of hydrogen-bond acceptors (Lipinski definition) is 3. The Morgan fingerprint density at radius 3 is 2.88 bits per heavy atom. The summed E-state index contributed by atoms with van der Waals surface area (Å²) in [6.45, 7) is 1.24. The second-order valence-corrected chi connectivity index (χ2v) is 5.84. The first-order valence-electron chi connectivity index (χ1n) is 7.61. The summed E-state index contributed by atoms with van der Waals surface area (Å²) in [6.07, 6.45) is 0. The van der Waals surface area contributed by atoms with Gasteiger partial charge in [-0.2, -0.15) is 0 Å². The molecular weight excluding hydrogens is 326 g/mol. The molecule has 4 N–H and O–H groups in total. The first kappa shape index (κ1) is 16.4. The van der Waals surface area contributed by atoms with E-state index >= 15 is 0 Å². The van der Waals surface area contributed by atoms with Crippen LogP contribution in [0.2, 0.25) is 5.02 Å². The zero-order valence-corrected chi connectivity index (χ0v) is 13.8. The Balaban J connectivity index is 1.47. The van der Waals surface area contributed by atoms with Crippen LogP contribution in [-0.2, 0) is 11.3 Å². The van der Waals surface area contributed by atoms with Gasteiger partial charge >= 0.3 is 0 Å². The number of aromatic nitrogens is 1. The van der Waals surface area contributed by atoms with E-state index in [4.69, 9.17) is 22.1 Å². The van der Waals surface area contributed by atoms with Gasteiger partial charge in [0.15, 0.2) is 0 Å². The quantitative estimate of drug-likeness (QED) is 0.474. The van der Waals surface area contributed by atoms with Crippen molar-refractivity contribution in [3.63, 3.8) is 0 Å². The molecule has 0 saturated carbocycles. The number of H-pyrrole nitrogens is 1. The van der Waals surface area contributed by atoms with E-state index in [-0.39, 0.29) is 5.91 Å². The van der Waals surface area contributed by atoms with Gasteiger partial charge in [0.05, 0.1) is 13.2 Å². The molecule has 0 bridgehead atoms. The molecule has 1 aromatic heterocycles. The zero-order chi connectivity index (χ0) is 16.9. The molecule has 0 aliphatic heterocycles. The van der Waals surface area contributed by atoms with E-state index in [1.54, 1.807) is 12.1 Å². The smallest absolute Gasteiger partial charge is 0.267 e. The summed E-state index contributed by atoms with van der Waals surface area (Å²) in [5.74, 6) is -0.175. The van der Waals surface area contributed by atoms with E-state index in [0.29, 0.717) is 36.2 Å². The highest BCUT2D eigenvalue weighted by molar-refractivity contribution is 6.31. The second-order valence-electron chi connectivity index (χ2n) is 5.43. The zero-order valence-electron chi connectivity index (χ0n) is 13.0. The summed E-state index contributed by atoms with van der Waals surface area (Å²) < 4.78 is 5.54. The van der Waals surface area contributed by atoms with Gasteiger partial charge in [0.2, 0.25) is 0 Å². The van der Waals surface area contributed by atoms with Gasteiger partial charge in [-0.1, -0.05) is 29.8 Å². The maximum Gasteiger partial charge on any atom is 0.267 e. The van der Waals surface area contributed by atoms with E-state index in [2.05, 4.69) is 10.3 Å². The van der Waals surface area contributed by atoms with Crippen LogP contribution >= 0.6 is 11.6 Å². The molecule has 0 fully saturated rings. The van der Waals surface area contributed by atoms with Crippen molar-refractivity contribution in [2.75, 3.05) is 18.9 Å². The van der Waals surface area contributed by atoms with Gasteiger partial charge in [-0.25, -0.2) is 0 Å². The highest BCUT2D eigenvalue weighted by Crippen LogP contribution is 2.18. The standard InChI is InChI=1S/C18H18ClN3O2/c19-15-4-2-1-3-12(15)11-24-8-7-21-18(23)17-10-13-9-14(20)5-6-16(13)22-17/h1-6,9-10,22H,7-8,11,20H2,(H,21,23). The Bertz CT molecular complexity index is 860. The molecule has 0 aliphatic carbocycles. The predicted octanol–water partition coefficient (Wildman–Crippen LogP) is 3.35. The number of ether oxygens (including phenoxy) is 1. The minimum Gasteiger partial charge on any atom is -0.399 e. The third kappa shape index (κ3) is 3.88. The van der Waals surface area contributed by atoms with E-state index in [9.17, 15) is 4.79 Å². The average molecular weight is 344 g/mol. The summed E-state index contributed by atoms with van der Waals surface area (Å²) in [5, 5.41) is 4.41. The summed E-state index contributed by atoms with van der Waals surface area (Å²) in [4.78, 5) is 15.2. The SMILES string of the molecule is Nc1ccc2[nH]c(C(=O)NCCOCc3ccccc3Cl)cc2c1. The minimum atomic E-state index is -0.175. The number of amides is 1. The Morgan fingerprint density at radius 1 is 1.21 bits per heavy atom. The molecule has 0 spiro atoms. The normalized spacial score (nSPS) is 10.9. The molecule has 3 aromatic rings. The van der Waals surface area contributed by atoms with Gasteiger partial charge in [-0.05, 0) is 35.9 Å². The first-order chi connectivity index (χ1) is 11.6. The number of rotatable bonds is 6. The summed E-state index contributed by atoms with van der Waals surface area (Å²) in [6, 6.07) is 14.8. The number of nitrogens with two attached hydrogens (primary N) is 1. The van der Waals surface area contributed by atoms with Crippen molar-refractivity contribution in [2.45, 2.75) is 6.61 Å². The van der Waals surface area contributed by atoms with Crippen molar-refractivity contribution in [3.8, 4) is 0 Å². The third-order valence-electron chi connectivity index (χ3n) is 3.64. The third-order valence-corrected chi connectivity index (χ3v) is 4.01. The van der Waals surface area contributed by atoms with Crippen LogP contribution in [-0.4, -0.2) is 24.0 Å². The van der Waals surface area contributed by atoms with Gasteiger partial charge in [-0.3, -0.25) is 4.79 Å².